The summed E-state index contributed by atoms with van der Waals surface area (Å²) in [5.41, 5.74) is 17.4. The maximum atomic E-state index is 5.96. The van der Waals surface area contributed by atoms with Gasteiger partial charge in [0, 0.05) is 17.7 Å². The second kappa shape index (κ2) is 5.87. The number of rotatable bonds is 3. The molecule has 4 rings (SSSR count). The second-order valence-electron chi connectivity index (χ2n) is 6.48. The van der Waals surface area contributed by atoms with Crippen LogP contribution in [-0.2, 0) is 6.42 Å². The summed E-state index contributed by atoms with van der Waals surface area (Å²) in [5.74, 6) is 2.14. The van der Waals surface area contributed by atoms with Crippen molar-refractivity contribution < 1.29 is 4.42 Å². The lowest BCUT2D eigenvalue weighted by Crippen LogP contribution is -2.05. The van der Waals surface area contributed by atoms with Gasteiger partial charge >= 0.3 is 0 Å². The Labute approximate surface area is 150 Å². The SMILES string of the molecule is Cc1ccc(-c2nc(N)nc3c(Cc4ccc(N)c(C)c4)c(C)nn23)o1. The third-order valence-corrected chi connectivity index (χ3v) is 4.47. The highest BCUT2D eigenvalue weighted by Crippen LogP contribution is 2.26. The quantitative estimate of drug-likeness (QED) is 0.551. The molecule has 3 aromatic heterocycles. The van der Waals surface area contributed by atoms with Crippen LogP contribution in [0.25, 0.3) is 17.2 Å². The standard InChI is InChI=1S/C19H20N6O/c1-10-8-13(5-6-15(10)20)9-14-12(3)24-25-17(14)22-19(21)23-18(25)16-7-4-11(2)26-16/h4-8H,9,20H2,1-3H3,(H2,21,22). The number of anilines is 2. The normalized spacial score (nSPS) is 11.3. The number of fused-ring (bicyclic) bond motifs is 1. The van der Waals surface area contributed by atoms with Crippen molar-refractivity contribution >= 4 is 17.3 Å². The smallest absolute Gasteiger partial charge is 0.224 e. The molecule has 0 aliphatic carbocycles. The number of furan rings is 1. The van der Waals surface area contributed by atoms with Crippen molar-refractivity contribution in [2.45, 2.75) is 27.2 Å². The van der Waals surface area contributed by atoms with Gasteiger partial charge in [0.05, 0.1) is 5.69 Å². The molecule has 0 amide bonds. The number of benzene rings is 1. The van der Waals surface area contributed by atoms with E-state index in [1.54, 1.807) is 4.52 Å². The van der Waals surface area contributed by atoms with Crippen LogP contribution in [-0.4, -0.2) is 19.6 Å². The van der Waals surface area contributed by atoms with Crippen LogP contribution in [0.5, 0.6) is 0 Å². The largest absolute Gasteiger partial charge is 0.458 e. The molecule has 0 unspecified atom stereocenters. The summed E-state index contributed by atoms with van der Waals surface area (Å²) in [6, 6.07) is 9.77. The summed E-state index contributed by atoms with van der Waals surface area (Å²) in [7, 11) is 0. The molecule has 4 aromatic rings. The van der Waals surface area contributed by atoms with Crippen molar-refractivity contribution in [3.05, 3.63) is 58.5 Å². The van der Waals surface area contributed by atoms with Gasteiger partial charge in [0.1, 0.15) is 5.76 Å². The molecule has 0 saturated carbocycles. The first kappa shape index (κ1) is 16.1. The molecule has 0 aliphatic heterocycles. The van der Waals surface area contributed by atoms with Gasteiger partial charge in [-0.25, -0.2) is 0 Å². The lowest BCUT2D eigenvalue weighted by Gasteiger charge is -2.06. The van der Waals surface area contributed by atoms with E-state index in [0.29, 0.717) is 23.7 Å². The molecule has 7 nitrogen and oxygen atoms in total. The van der Waals surface area contributed by atoms with E-state index in [1.165, 1.54) is 0 Å². The Morgan fingerprint density at radius 2 is 1.85 bits per heavy atom. The summed E-state index contributed by atoms with van der Waals surface area (Å²) < 4.78 is 7.41. The first-order valence-electron chi connectivity index (χ1n) is 8.36. The highest BCUT2D eigenvalue weighted by molar-refractivity contribution is 5.61. The number of hydrogen-bond donors (Lipinski definition) is 2. The van der Waals surface area contributed by atoms with Gasteiger partial charge in [0.2, 0.25) is 11.8 Å². The van der Waals surface area contributed by atoms with Crippen molar-refractivity contribution in [1.82, 2.24) is 19.6 Å². The minimum Gasteiger partial charge on any atom is -0.458 e. The van der Waals surface area contributed by atoms with Crippen LogP contribution in [0, 0.1) is 20.8 Å². The first-order chi connectivity index (χ1) is 12.4. The van der Waals surface area contributed by atoms with Gasteiger partial charge in [-0.1, -0.05) is 12.1 Å². The summed E-state index contributed by atoms with van der Waals surface area (Å²) in [4.78, 5) is 8.76. The Bertz CT molecular complexity index is 1120. The van der Waals surface area contributed by atoms with Crippen molar-refractivity contribution in [2.75, 3.05) is 11.5 Å². The average Bonchev–Trinajstić information content (AvgIpc) is 3.15. The van der Waals surface area contributed by atoms with Crippen LogP contribution < -0.4 is 11.5 Å². The number of aromatic nitrogens is 4. The van der Waals surface area contributed by atoms with E-state index in [9.17, 15) is 0 Å². The minimum atomic E-state index is 0.191. The molecule has 0 saturated heterocycles. The fourth-order valence-electron chi connectivity index (χ4n) is 3.07. The van der Waals surface area contributed by atoms with Crippen LogP contribution in [0.2, 0.25) is 0 Å². The van der Waals surface area contributed by atoms with E-state index >= 15 is 0 Å². The van der Waals surface area contributed by atoms with Gasteiger partial charge in [0.25, 0.3) is 0 Å². The lowest BCUT2D eigenvalue weighted by atomic mass is 10.0. The summed E-state index contributed by atoms with van der Waals surface area (Å²) in [5, 5.41) is 4.63. The number of nitrogens with zero attached hydrogens (tertiary/aromatic N) is 4. The molecule has 132 valence electrons. The molecule has 0 fully saturated rings. The zero-order valence-electron chi connectivity index (χ0n) is 14.9. The van der Waals surface area contributed by atoms with Crippen molar-refractivity contribution in [3.63, 3.8) is 0 Å². The van der Waals surface area contributed by atoms with Crippen LogP contribution >= 0.6 is 0 Å². The lowest BCUT2D eigenvalue weighted by molar-refractivity contribution is 0.541. The van der Waals surface area contributed by atoms with Crippen molar-refractivity contribution in [1.29, 1.82) is 0 Å². The fraction of sp³-hybridized carbons (Fsp3) is 0.211. The fourth-order valence-corrected chi connectivity index (χ4v) is 3.07. The molecular formula is C19H20N6O. The third-order valence-electron chi connectivity index (χ3n) is 4.47. The maximum absolute atomic E-state index is 5.96. The first-order valence-corrected chi connectivity index (χ1v) is 8.36. The van der Waals surface area contributed by atoms with E-state index in [0.717, 1.165) is 33.8 Å². The zero-order valence-corrected chi connectivity index (χ0v) is 14.9. The van der Waals surface area contributed by atoms with Gasteiger partial charge in [-0.3, -0.25) is 0 Å². The molecule has 0 radical (unpaired) electrons. The predicted octanol–water partition coefficient (Wildman–Crippen LogP) is 3.06. The molecule has 0 spiro atoms. The third kappa shape index (κ3) is 2.67. The van der Waals surface area contributed by atoms with Gasteiger partial charge < -0.3 is 15.9 Å². The topological polar surface area (TPSA) is 108 Å². The molecule has 0 atom stereocenters. The minimum absolute atomic E-state index is 0.191. The van der Waals surface area contributed by atoms with E-state index in [1.807, 2.05) is 45.0 Å². The van der Waals surface area contributed by atoms with Crippen LogP contribution in [0.4, 0.5) is 11.6 Å². The molecule has 26 heavy (non-hydrogen) atoms. The van der Waals surface area contributed by atoms with Gasteiger partial charge in [-0.05, 0) is 50.1 Å². The Balaban J connectivity index is 1.87. The summed E-state index contributed by atoms with van der Waals surface area (Å²) in [6.07, 6.45) is 0.684. The Hall–Kier alpha value is -3.35. The number of hydrogen-bond acceptors (Lipinski definition) is 6. The zero-order chi connectivity index (χ0) is 18.4. The molecular weight excluding hydrogens is 328 g/mol. The van der Waals surface area contributed by atoms with Gasteiger partial charge in [-0.15, -0.1) is 0 Å². The van der Waals surface area contributed by atoms with Crippen LogP contribution in [0.1, 0.15) is 28.1 Å². The van der Waals surface area contributed by atoms with Crippen LogP contribution in [0.15, 0.2) is 34.7 Å². The Morgan fingerprint density at radius 3 is 2.54 bits per heavy atom. The van der Waals surface area contributed by atoms with Gasteiger partial charge in [-0.2, -0.15) is 19.6 Å². The van der Waals surface area contributed by atoms with Crippen molar-refractivity contribution in [2.24, 2.45) is 0 Å². The van der Waals surface area contributed by atoms with Crippen LogP contribution in [0.3, 0.4) is 0 Å². The second-order valence-corrected chi connectivity index (χ2v) is 6.48. The highest BCUT2D eigenvalue weighted by Gasteiger charge is 2.18. The van der Waals surface area contributed by atoms with E-state index in [-0.39, 0.29) is 5.95 Å². The molecule has 7 heteroatoms. The molecule has 0 bridgehead atoms. The molecule has 0 aliphatic rings. The predicted molar refractivity (Wildman–Crippen MR) is 101 cm³/mol. The number of nitrogens with two attached hydrogens (primary N) is 2. The number of nitrogen functional groups attached to an aromatic ring is 2. The van der Waals surface area contributed by atoms with E-state index in [2.05, 4.69) is 21.1 Å². The van der Waals surface area contributed by atoms with Gasteiger partial charge in [0.15, 0.2) is 11.4 Å². The molecule has 1 aromatic carbocycles. The average molecular weight is 348 g/mol. The maximum Gasteiger partial charge on any atom is 0.224 e. The summed E-state index contributed by atoms with van der Waals surface area (Å²) in [6.45, 7) is 5.84. The van der Waals surface area contributed by atoms with Crippen molar-refractivity contribution in [3.8, 4) is 11.6 Å². The van der Waals surface area contributed by atoms with E-state index < -0.39 is 0 Å². The monoisotopic (exact) mass is 348 g/mol. The number of aryl methyl sites for hydroxylation is 3. The molecule has 3 heterocycles. The highest BCUT2D eigenvalue weighted by atomic mass is 16.3. The molecule has 4 N–H and O–H groups in total. The summed E-state index contributed by atoms with van der Waals surface area (Å²) >= 11 is 0. The Kier molecular flexibility index (Phi) is 3.64. The Morgan fingerprint density at radius 1 is 1.04 bits per heavy atom. The van der Waals surface area contributed by atoms with E-state index in [4.69, 9.17) is 15.9 Å².